The number of hydrogen-bond donors (Lipinski definition) is 2. The van der Waals surface area contributed by atoms with E-state index in [0.29, 0.717) is 22.9 Å². The van der Waals surface area contributed by atoms with Gasteiger partial charge in [0.1, 0.15) is 5.82 Å². The van der Waals surface area contributed by atoms with Gasteiger partial charge in [-0.15, -0.1) is 0 Å². The molecule has 2 atom stereocenters. The Bertz CT molecular complexity index is 1160. The lowest BCUT2D eigenvalue weighted by atomic mass is 9.99. The van der Waals surface area contributed by atoms with E-state index in [9.17, 15) is 9.90 Å². The van der Waals surface area contributed by atoms with Crippen LogP contribution in [0.25, 0.3) is 0 Å². The molecule has 1 fully saturated rings. The first kappa shape index (κ1) is 23.1. The molecule has 35 heavy (non-hydrogen) atoms. The van der Waals surface area contributed by atoms with Crippen molar-refractivity contribution in [3.05, 3.63) is 78.0 Å². The quantitative estimate of drug-likeness (QED) is 0.567. The van der Waals surface area contributed by atoms with Crippen LogP contribution in [0.2, 0.25) is 0 Å². The molecule has 2 aromatic carbocycles. The molecule has 0 bridgehead atoms. The fourth-order valence-corrected chi connectivity index (χ4v) is 4.72. The van der Waals surface area contributed by atoms with Crippen LogP contribution < -0.4 is 19.7 Å². The number of hydrogen-bond acceptors (Lipinski definition) is 7. The predicted octanol–water partition coefficient (Wildman–Crippen LogP) is 3.18. The van der Waals surface area contributed by atoms with Crippen LogP contribution >= 0.6 is 0 Å². The van der Waals surface area contributed by atoms with Crippen LogP contribution in [0.5, 0.6) is 11.5 Å². The summed E-state index contributed by atoms with van der Waals surface area (Å²) in [5.41, 5.74) is 2.70. The lowest BCUT2D eigenvalue weighted by Gasteiger charge is -2.40. The number of piperazine rings is 1. The molecule has 0 spiro atoms. The molecule has 0 aliphatic carbocycles. The smallest absolute Gasteiger partial charge is 0.257 e. The number of aliphatic hydroxyl groups excluding tert-OH is 1. The topological polar surface area (TPSA) is 87.2 Å². The largest absolute Gasteiger partial charge is 0.481 e. The second-order valence-electron chi connectivity index (χ2n) is 8.89. The summed E-state index contributed by atoms with van der Waals surface area (Å²) < 4.78 is 11.3. The molecule has 1 aromatic heterocycles. The Labute approximate surface area is 205 Å². The lowest BCUT2D eigenvalue weighted by Crippen LogP contribution is -2.50. The zero-order chi connectivity index (χ0) is 24.2. The van der Waals surface area contributed by atoms with Crippen molar-refractivity contribution >= 4 is 17.4 Å². The Morgan fingerprint density at radius 3 is 2.69 bits per heavy atom. The van der Waals surface area contributed by atoms with Crippen LogP contribution in [0.4, 0.5) is 11.5 Å². The maximum atomic E-state index is 12.9. The molecular formula is C27H30N4O4. The molecule has 8 heteroatoms. The molecule has 1 saturated heterocycles. The number of carbonyl (C=O) groups excluding carboxylic acids is 1. The fraction of sp³-hybridized carbons (Fsp3) is 0.333. The van der Waals surface area contributed by atoms with Crippen molar-refractivity contribution in [2.45, 2.75) is 25.7 Å². The maximum absolute atomic E-state index is 12.9. The van der Waals surface area contributed by atoms with Gasteiger partial charge in [-0.1, -0.05) is 30.3 Å². The number of rotatable bonds is 6. The second kappa shape index (κ2) is 10.3. The summed E-state index contributed by atoms with van der Waals surface area (Å²) in [6.07, 6.45) is 1.52. The van der Waals surface area contributed by atoms with E-state index < -0.39 is 6.29 Å². The maximum Gasteiger partial charge on any atom is 0.257 e. The highest BCUT2D eigenvalue weighted by Gasteiger charge is 2.28. The predicted molar refractivity (Wildman–Crippen MR) is 134 cm³/mol. The fourth-order valence-electron chi connectivity index (χ4n) is 4.72. The molecule has 8 nitrogen and oxygen atoms in total. The summed E-state index contributed by atoms with van der Waals surface area (Å²) in [4.78, 5) is 21.9. The number of nitrogens with one attached hydrogen (secondary N) is 1. The van der Waals surface area contributed by atoms with Gasteiger partial charge in [-0.05, 0) is 49.2 Å². The molecule has 0 radical (unpaired) electrons. The molecule has 5 rings (SSSR count). The molecule has 0 saturated carbocycles. The number of anilines is 2. The van der Waals surface area contributed by atoms with Crippen molar-refractivity contribution in [2.75, 3.05) is 43.0 Å². The molecule has 182 valence electrons. The molecule has 3 aromatic rings. The van der Waals surface area contributed by atoms with Gasteiger partial charge in [-0.3, -0.25) is 9.69 Å². The van der Waals surface area contributed by atoms with Gasteiger partial charge in [0.25, 0.3) is 5.91 Å². The van der Waals surface area contributed by atoms with Gasteiger partial charge in [0.2, 0.25) is 6.29 Å². The normalized spacial score (nSPS) is 18.7. The number of pyridine rings is 1. The van der Waals surface area contributed by atoms with Crippen LogP contribution in [0.15, 0.2) is 66.9 Å². The Hall–Kier alpha value is -3.62. The highest BCUT2D eigenvalue weighted by molar-refractivity contribution is 6.04. The third kappa shape index (κ3) is 5.23. The van der Waals surface area contributed by atoms with Gasteiger partial charge in [0, 0.05) is 44.0 Å². The van der Waals surface area contributed by atoms with Gasteiger partial charge in [-0.25, -0.2) is 4.98 Å². The highest BCUT2D eigenvalue weighted by atomic mass is 16.7. The van der Waals surface area contributed by atoms with Gasteiger partial charge >= 0.3 is 0 Å². The van der Waals surface area contributed by atoms with E-state index in [1.54, 1.807) is 12.3 Å². The average molecular weight is 475 g/mol. The van der Waals surface area contributed by atoms with Gasteiger partial charge in [0.15, 0.2) is 18.1 Å². The van der Waals surface area contributed by atoms with Crippen LogP contribution in [0, 0.1) is 0 Å². The number of para-hydroxylation sites is 1. The van der Waals surface area contributed by atoms with Crippen LogP contribution in [0.1, 0.15) is 22.8 Å². The Morgan fingerprint density at radius 2 is 1.89 bits per heavy atom. The summed E-state index contributed by atoms with van der Waals surface area (Å²) in [5, 5.41) is 12.6. The van der Waals surface area contributed by atoms with Gasteiger partial charge < -0.3 is 24.8 Å². The van der Waals surface area contributed by atoms with E-state index in [4.69, 9.17) is 9.47 Å². The molecule has 2 aliphatic rings. The standard InChI is InChI=1S/C27H30N4O4/c1-19(17-20-7-2-3-8-21(20)27(33)29-24-11-4-5-12-28-24)30-13-15-31(16-14-30)22-9-6-10-23-26(22)34-18-25(32)35-23/h2-12,19,25,32H,13-18H2,1H3,(H,28,29,33)/t19-,25?/m1/s1. The number of fused-ring (bicyclic) bond motifs is 1. The first-order valence-corrected chi connectivity index (χ1v) is 12.0. The summed E-state index contributed by atoms with van der Waals surface area (Å²) in [6, 6.07) is 19.3. The monoisotopic (exact) mass is 474 g/mol. The minimum Gasteiger partial charge on any atom is -0.481 e. The van der Waals surface area contributed by atoms with Crippen molar-refractivity contribution in [3.63, 3.8) is 0 Å². The zero-order valence-corrected chi connectivity index (χ0v) is 19.8. The van der Waals surface area contributed by atoms with Crippen LogP contribution in [0.3, 0.4) is 0 Å². The van der Waals surface area contributed by atoms with Crippen LogP contribution in [-0.2, 0) is 6.42 Å². The number of nitrogens with zero attached hydrogens (tertiary/aromatic N) is 3. The Morgan fingerprint density at radius 1 is 1.09 bits per heavy atom. The minimum atomic E-state index is -0.927. The zero-order valence-electron chi connectivity index (χ0n) is 19.8. The molecule has 3 heterocycles. The Kier molecular flexibility index (Phi) is 6.83. The molecule has 1 amide bonds. The van der Waals surface area contributed by atoms with Gasteiger partial charge in [0.05, 0.1) is 5.69 Å². The lowest BCUT2D eigenvalue weighted by molar-refractivity contribution is -0.0668. The molecule has 2 N–H and O–H groups in total. The van der Waals surface area contributed by atoms with Crippen molar-refractivity contribution in [2.24, 2.45) is 0 Å². The number of aliphatic hydroxyl groups is 1. The second-order valence-corrected chi connectivity index (χ2v) is 8.89. The van der Waals surface area contributed by atoms with E-state index in [1.165, 1.54) is 0 Å². The van der Waals surface area contributed by atoms with Gasteiger partial charge in [-0.2, -0.15) is 0 Å². The minimum absolute atomic E-state index is 0.133. The van der Waals surface area contributed by atoms with E-state index in [2.05, 4.69) is 27.0 Å². The summed E-state index contributed by atoms with van der Waals surface area (Å²) in [6.45, 7) is 5.86. The number of aromatic nitrogens is 1. The third-order valence-corrected chi connectivity index (χ3v) is 6.55. The number of ether oxygens (including phenoxy) is 2. The SMILES string of the molecule is C[C@H](Cc1ccccc1C(=O)Nc1ccccn1)N1CCN(c2cccc3c2OCC(O)O3)CC1. The molecule has 1 unspecified atom stereocenters. The molecule has 2 aliphatic heterocycles. The number of amides is 1. The summed E-state index contributed by atoms with van der Waals surface area (Å²) in [7, 11) is 0. The number of benzene rings is 2. The van der Waals surface area contributed by atoms with E-state index in [1.807, 2.05) is 54.6 Å². The first-order valence-electron chi connectivity index (χ1n) is 12.0. The van der Waals surface area contributed by atoms with Crippen molar-refractivity contribution in [1.82, 2.24) is 9.88 Å². The van der Waals surface area contributed by atoms with Crippen molar-refractivity contribution in [1.29, 1.82) is 0 Å². The van der Waals surface area contributed by atoms with Crippen molar-refractivity contribution in [3.8, 4) is 11.5 Å². The van der Waals surface area contributed by atoms with E-state index in [-0.39, 0.29) is 18.6 Å². The number of carbonyl (C=O) groups is 1. The third-order valence-electron chi connectivity index (χ3n) is 6.55. The molecular weight excluding hydrogens is 444 g/mol. The summed E-state index contributed by atoms with van der Waals surface area (Å²) in [5.74, 6) is 1.69. The Balaban J connectivity index is 1.22. The van der Waals surface area contributed by atoms with Crippen molar-refractivity contribution < 1.29 is 19.4 Å². The van der Waals surface area contributed by atoms with Crippen LogP contribution in [-0.4, -0.2) is 66.0 Å². The first-order chi connectivity index (χ1) is 17.1. The van der Waals surface area contributed by atoms with E-state index in [0.717, 1.165) is 43.9 Å². The van der Waals surface area contributed by atoms with E-state index >= 15 is 0 Å². The highest BCUT2D eigenvalue weighted by Crippen LogP contribution is 2.40. The average Bonchev–Trinajstić information content (AvgIpc) is 2.89. The summed E-state index contributed by atoms with van der Waals surface area (Å²) >= 11 is 0.